The Balaban J connectivity index is 2.04. The Morgan fingerprint density at radius 3 is 2.74 bits per heavy atom. The predicted molar refractivity (Wildman–Crippen MR) is 81.6 cm³/mol. The molecule has 3 nitrogen and oxygen atoms in total. The van der Waals surface area contributed by atoms with E-state index in [1.165, 1.54) is 31.2 Å². The van der Waals surface area contributed by atoms with Crippen LogP contribution in [0.25, 0.3) is 0 Å². The molecule has 0 spiro atoms. The molecular weight excluding hydrogens is 234 g/mol. The first kappa shape index (κ1) is 14.3. The summed E-state index contributed by atoms with van der Waals surface area (Å²) in [5.74, 6) is 1.14. The van der Waals surface area contributed by atoms with E-state index in [4.69, 9.17) is 4.98 Å². The molecule has 106 valence electrons. The molecule has 2 rings (SSSR count). The van der Waals surface area contributed by atoms with Crippen molar-refractivity contribution >= 4 is 5.82 Å². The topological polar surface area (TPSA) is 28.2 Å². The summed E-state index contributed by atoms with van der Waals surface area (Å²) in [6, 6.07) is 5.22. The molecule has 0 radical (unpaired) electrons. The van der Waals surface area contributed by atoms with E-state index in [0.717, 1.165) is 37.2 Å². The van der Waals surface area contributed by atoms with Gasteiger partial charge in [-0.1, -0.05) is 13.3 Å². The lowest BCUT2D eigenvalue weighted by Crippen LogP contribution is -2.25. The van der Waals surface area contributed by atoms with Crippen LogP contribution in [0.1, 0.15) is 50.8 Å². The molecule has 1 aromatic heterocycles. The zero-order chi connectivity index (χ0) is 13.7. The van der Waals surface area contributed by atoms with Gasteiger partial charge >= 0.3 is 0 Å². The smallest absolute Gasteiger partial charge is 0.129 e. The molecule has 1 aliphatic rings. The van der Waals surface area contributed by atoms with Crippen molar-refractivity contribution < 1.29 is 0 Å². The van der Waals surface area contributed by atoms with Gasteiger partial charge < -0.3 is 10.2 Å². The van der Waals surface area contributed by atoms with Crippen LogP contribution in [0.5, 0.6) is 0 Å². The monoisotopic (exact) mass is 261 g/mol. The van der Waals surface area contributed by atoms with Crippen LogP contribution in [0, 0.1) is 6.92 Å². The molecule has 0 bridgehead atoms. The highest BCUT2D eigenvalue weighted by Gasteiger charge is 2.20. The number of rotatable bonds is 8. The van der Waals surface area contributed by atoms with E-state index in [9.17, 15) is 0 Å². The Kier molecular flexibility index (Phi) is 5.20. The SMILES string of the molecule is CCCCN(CC)c1cc(CNC2CC2)cc(C)n1. The summed E-state index contributed by atoms with van der Waals surface area (Å²) < 4.78 is 0. The zero-order valence-electron chi connectivity index (χ0n) is 12.6. The second-order valence-electron chi connectivity index (χ2n) is 5.56. The second-order valence-corrected chi connectivity index (χ2v) is 5.56. The molecule has 1 aromatic rings. The number of anilines is 1. The summed E-state index contributed by atoms with van der Waals surface area (Å²) in [5.41, 5.74) is 2.49. The summed E-state index contributed by atoms with van der Waals surface area (Å²) >= 11 is 0. The molecule has 3 heteroatoms. The average Bonchev–Trinajstić information content (AvgIpc) is 3.21. The minimum Gasteiger partial charge on any atom is -0.357 e. The molecule has 0 saturated heterocycles. The van der Waals surface area contributed by atoms with E-state index in [1.807, 2.05) is 0 Å². The quantitative estimate of drug-likeness (QED) is 0.778. The minimum absolute atomic E-state index is 0.763. The van der Waals surface area contributed by atoms with Crippen LogP contribution in [0.15, 0.2) is 12.1 Å². The zero-order valence-corrected chi connectivity index (χ0v) is 12.6. The summed E-state index contributed by atoms with van der Waals surface area (Å²) in [7, 11) is 0. The van der Waals surface area contributed by atoms with Gasteiger partial charge in [-0.3, -0.25) is 0 Å². The van der Waals surface area contributed by atoms with E-state index < -0.39 is 0 Å². The molecule has 1 N–H and O–H groups in total. The maximum atomic E-state index is 4.70. The van der Waals surface area contributed by atoms with E-state index in [2.05, 4.69) is 43.1 Å². The van der Waals surface area contributed by atoms with Crippen molar-refractivity contribution in [3.05, 3.63) is 23.4 Å². The fraction of sp³-hybridized carbons (Fsp3) is 0.688. The number of unbranched alkanes of at least 4 members (excludes halogenated alkanes) is 1. The Morgan fingerprint density at radius 1 is 1.32 bits per heavy atom. The fourth-order valence-corrected chi connectivity index (χ4v) is 2.32. The second kappa shape index (κ2) is 6.90. The van der Waals surface area contributed by atoms with E-state index >= 15 is 0 Å². The number of aromatic nitrogens is 1. The van der Waals surface area contributed by atoms with Gasteiger partial charge in [0.1, 0.15) is 5.82 Å². The van der Waals surface area contributed by atoms with Crippen LogP contribution in [-0.4, -0.2) is 24.1 Å². The lowest BCUT2D eigenvalue weighted by Gasteiger charge is -2.23. The molecule has 0 unspecified atom stereocenters. The summed E-state index contributed by atoms with van der Waals surface area (Å²) in [6.45, 7) is 9.67. The third-order valence-corrected chi connectivity index (χ3v) is 3.66. The Hall–Kier alpha value is -1.09. The van der Waals surface area contributed by atoms with E-state index in [0.29, 0.717) is 0 Å². The van der Waals surface area contributed by atoms with Crippen LogP contribution in [0.4, 0.5) is 5.82 Å². The number of nitrogens with zero attached hydrogens (tertiary/aromatic N) is 2. The molecule has 1 saturated carbocycles. The maximum absolute atomic E-state index is 4.70. The summed E-state index contributed by atoms with van der Waals surface area (Å²) in [4.78, 5) is 7.08. The number of hydrogen-bond donors (Lipinski definition) is 1. The first-order valence-corrected chi connectivity index (χ1v) is 7.68. The van der Waals surface area contributed by atoms with Crippen molar-refractivity contribution in [3.63, 3.8) is 0 Å². The van der Waals surface area contributed by atoms with Crippen LogP contribution in [-0.2, 0) is 6.54 Å². The van der Waals surface area contributed by atoms with Gasteiger partial charge in [0.25, 0.3) is 0 Å². The first-order valence-electron chi connectivity index (χ1n) is 7.68. The Morgan fingerprint density at radius 2 is 2.11 bits per heavy atom. The molecule has 0 aromatic carbocycles. The number of aryl methyl sites for hydroxylation is 1. The Bertz CT molecular complexity index is 399. The standard InChI is InChI=1S/C16H27N3/c1-4-6-9-19(5-2)16-11-14(10-13(3)18-16)12-17-15-7-8-15/h10-11,15,17H,4-9,12H2,1-3H3. The largest absolute Gasteiger partial charge is 0.357 e. The fourth-order valence-electron chi connectivity index (χ4n) is 2.32. The highest BCUT2D eigenvalue weighted by atomic mass is 15.2. The molecule has 0 amide bonds. The van der Waals surface area contributed by atoms with Gasteiger partial charge in [0.2, 0.25) is 0 Å². The lowest BCUT2D eigenvalue weighted by molar-refractivity contribution is 0.683. The number of hydrogen-bond acceptors (Lipinski definition) is 3. The van der Waals surface area contributed by atoms with Crippen LogP contribution >= 0.6 is 0 Å². The van der Waals surface area contributed by atoms with Crippen molar-refractivity contribution in [1.29, 1.82) is 0 Å². The third kappa shape index (κ3) is 4.50. The van der Waals surface area contributed by atoms with Gasteiger partial charge in [0.15, 0.2) is 0 Å². The highest BCUT2D eigenvalue weighted by molar-refractivity contribution is 5.42. The lowest BCUT2D eigenvalue weighted by atomic mass is 10.2. The molecule has 1 aliphatic carbocycles. The van der Waals surface area contributed by atoms with Crippen molar-refractivity contribution in [3.8, 4) is 0 Å². The highest BCUT2D eigenvalue weighted by Crippen LogP contribution is 2.20. The van der Waals surface area contributed by atoms with Crippen molar-refractivity contribution in [1.82, 2.24) is 10.3 Å². The molecule has 0 atom stereocenters. The van der Waals surface area contributed by atoms with Crippen molar-refractivity contribution in [2.24, 2.45) is 0 Å². The molecular formula is C16H27N3. The van der Waals surface area contributed by atoms with Crippen molar-refractivity contribution in [2.45, 2.75) is 59.0 Å². The van der Waals surface area contributed by atoms with Gasteiger partial charge in [0.05, 0.1) is 0 Å². The maximum Gasteiger partial charge on any atom is 0.129 e. The predicted octanol–water partition coefficient (Wildman–Crippen LogP) is 3.27. The third-order valence-electron chi connectivity index (χ3n) is 3.66. The molecule has 1 heterocycles. The normalized spacial score (nSPS) is 14.7. The van der Waals surface area contributed by atoms with E-state index in [1.54, 1.807) is 0 Å². The summed E-state index contributed by atoms with van der Waals surface area (Å²) in [6.07, 6.45) is 5.15. The van der Waals surface area contributed by atoms with Gasteiger partial charge in [-0.15, -0.1) is 0 Å². The van der Waals surface area contributed by atoms with E-state index in [-0.39, 0.29) is 0 Å². The molecule has 19 heavy (non-hydrogen) atoms. The average molecular weight is 261 g/mol. The van der Waals surface area contributed by atoms with Crippen LogP contribution in [0.2, 0.25) is 0 Å². The van der Waals surface area contributed by atoms with Gasteiger partial charge in [0, 0.05) is 31.4 Å². The van der Waals surface area contributed by atoms with Crippen LogP contribution in [0.3, 0.4) is 0 Å². The summed E-state index contributed by atoms with van der Waals surface area (Å²) in [5, 5.41) is 3.58. The molecule has 0 aliphatic heterocycles. The molecule has 1 fully saturated rings. The van der Waals surface area contributed by atoms with Gasteiger partial charge in [-0.2, -0.15) is 0 Å². The first-order chi connectivity index (χ1) is 9.22. The minimum atomic E-state index is 0.763. The van der Waals surface area contributed by atoms with Crippen LogP contribution < -0.4 is 10.2 Å². The number of nitrogens with one attached hydrogen (secondary N) is 1. The van der Waals surface area contributed by atoms with Gasteiger partial charge in [-0.05, 0) is 50.8 Å². The van der Waals surface area contributed by atoms with Crippen molar-refractivity contribution in [2.75, 3.05) is 18.0 Å². The number of pyridine rings is 1. The Labute approximate surface area is 117 Å². The van der Waals surface area contributed by atoms with Gasteiger partial charge in [-0.25, -0.2) is 4.98 Å².